The van der Waals surface area contributed by atoms with E-state index >= 15 is 0 Å². The zero-order valence-corrected chi connectivity index (χ0v) is 40.7. The van der Waals surface area contributed by atoms with E-state index in [0.717, 1.165) is 70.6 Å². The normalized spacial score (nSPS) is 12.4. The number of rotatable bonds is 49. The number of aliphatic hydroxyl groups excluding tert-OH is 1. The fourth-order valence-electron chi connectivity index (χ4n) is 8.19. The van der Waals surface area contributed by atoms with E-state index in [9.17, 15) is 19.2 Å². The fourth-order valence-corrected chi connectivity index (χ4v) is 8.19. The molecule has 9 heteroatoms. The van der Waals surface area contributed by atoms with Crippen molar-refractivity contribution in [3.8, 4) is 0 Å². The van der Waals surface area contributed by atoms with Crippen LogP contribution in [0.15, 0.2) is 12.2 Å². The third-order valence-corrected chi connectivity index (χ3v) is 12.3. The quantitative estimate of drug-likeness (QED) is 0.0271. The van der Waals surface area contributed by atoms with E-state index < -0.39 is 24.5 Å². The van der Waals surface area contributed by atoms with Crippen molar-refractivity contribution in [2.24, 2.45) is 0 Å². The van der Waals surface area contributed by atoms with Crippen LogP contribution in [0.1, 0.15) is 277 Å². The minimum absolute atomic E-state index is 0.0394. The molecule has 364 valence electrons. The molecule has 2 unspecified atom stereocenters. The van der Waals surface area contributed by atoms with Crippen molar-refractivity contribution >= 4 is 23.8 Å². The van der Waals surface area contributed by atoms with Gasteiger partial charge in [-0.3, -0.25) is 14.4 Å². The molecule has 0 rings (SSSR count). The number of amides is 2. The van der Waals surface area contributed by atoms with Gasteiger partial charge in [-0.05, 0) is 57.8 Å². The number of ether oxygens (including phenoxy) is 1. The molecule has 0 spiro atoms. The smallest absolute Gasteiger partial charge is 0.328 e. The number of carbonyl (C=O) groups excluding carboxylic acids is 3. The number of unbranched alkanes of at least 4 members (excludes halogenated alkanes) is 33. The Morgan fingerprint density at radius 3 is 1.27 bits per heavy atom. The largest absolute Gasteiger partial charge is 0.480 e. The van der Waals surface area contributed by atoms with Gasteiger partial charge in [0.15, 0.2) is 0 Å². The lowest BCUT2D eigenvalue weighted by Gasteiger charge is -2.18. The first-order chi connectivity index (χ1) is 30.3. The van der Waals surface area contributed by atoms with Crippen LogP contribution in [0.5, 0.6) is 0 Å². The van der Waals surface area contributed by atoms with Crippen LogP contribution in [0.2, 0.25) is 0 Å². The summed E-state index contributed by atoms with van der Waals surface area (Å²) >= 11 is 0. The van der Waals surface area contributed by atoms with Crippen molar-refractivity contribution in [2.75, 3.05) is 13.2 Å². The average Bonchev–Trinajstić information content (AvgIpc) is 3.26. The van der Waals surface area contributed by atoms with Crippen molar-refractivity contribution in [1.29, 1.82) is 0 Å². The zero-order valence-electron chi connectivity index (χ0n) is 40.7. The molecule has 9 nitrogen and oxygen atoms in total. The van der Waals surface area contributed by atoms with E-state index in [0.29, 0.717) is 19.3 Å². The minimum Gasteiger partial charge on any atom is -0.480 e. The van der Waals surface area contributed by atoms with Crippen LogP contribution in [0.4, 0.5) is 0 Å². The molecule has 0 aliphatic heterocycles. The van der Waals surface area contributed by atoms with Crippen LogP contribution in [-0.4, -0.2) is 59.3 Å². The Morgan fingerprint density at radius 2 is 0.839 bits per heavy atom. The molecule has 0 aromatic heterocycles. The molecule has 0 saturated heterocycles. The Kier molecular flexibility index (Phi) is 46.2. The lowest BCUT2D eigenvalue weighted by Crippen LogP contribution is -2.47. The van der Waals surface area contributed by atoms with Gasteiger partial charge in [-0.25, -0.2) is 4.79 Å². The summed E-state index contributed by atoms with van der Waals surface area (Å²) in [4.78, 5) is 47.7. The summed E-state index contributed by atoms with van der Waals surface area (Å²) in [5.41, 5.74) is 0. The van der Waals surface area contributed by atoms with Crippen molar-refractivity contribution in [3.63, 3.8) is 0 Å². The molecule has 0 radical (unpaired) electrons. The number of aliphatic carboxylic acids is 1. The summed E-state index contributed by atoms with van der Waals surface area (Å²) in [7, 11) is 0. The van der Waals surface area contributed by atoms with Gasteiger partial charge in [0.2, 0.25) is 11.8 Å². The first-order valence-corrected chi connectivity index (χ1v) is 26.6. The van der Waals surface area contributed by atoms with Crippen molar-refractivity contribution in [2.45, 2.75) is 289 Å². The van der Waals surface area contributed by atoms with Crippen LogP contribution in [0.3, 0.4) is 0 Å². The molecular formula is C53H100N2O7. The van der Waals surface area contributed by atoms with Gasteiger partial charge in [-0.2, -0.15) is 0 Å². The number of allylic oxidation sites excluding steroid dienone is 2. The van der Waals surface area contributed by atoms with Crippen molar-refractivity contribution in [3.05, 3.63) is 12.2 Å². The fraction of sp³-hybridized carbons (Fsp3) is 0.887. The summed E-state index contributed by atoms with van der Waals surface area (Å²) in [6, 6.07) is -1.38. The van der Waals surface area contributed by atoms with Crippen LogP contribution in [0, 0.1) is 0 Å². The van der Waals surface area contributed by atoms with Gasteiger partial charge >= 0.3 is 11.9 Å². The maximum Gasteiger partial charge on any atom is 0.328 e. The maximum absolute atomic E-state index is 12.9. The standard InChI is InChI=1S/C53H100N2O7/c1-3-5-7-9-11-13-15-16-17-18-19-20-21-22-23-24-25-26-28-30-32-37-41-45-52(59)62-48(42-38-34-31-29-27-14-12-10-8-6-4-2)43-39-35-33-36-40-44-50(57)54-46-51(58)55-49(47-56)53(60)61/h29,31,48-49,56H,3-28,30,32-47H2,1-2H3,(H,54,57)(H,55,58)(H,60,61)/b31-29-. The van der Waals surface area contributed by atoms with Crippen LogP contribution in [0.25, 0.3) is 0 Å². The summed E-state index contributed by atoms with van der Waals surface area (Å²) in [5.74, 6) is -2.29. The van der Waals surface area contributed by atoms with Crippen LogP contribution >= 0.6 is 0 Å². The summed E-state index contributed by atoms with van der Waals surface area (Å²) < 4.78 is 6.05. The molecule has 4 N–H and O–H groups in total. The van der Waals surface area contributed by atoms with Gasteiger partial charge in [0.05, 0.1) is 13.2 Å². The Bertz CT molecular complexity index is 1050. The molecule has 0 aromatic rings. The molecule has 0 bridgehead atoms. The third-order valence-electron chi connectivity index (χ3n) is 12.3. The molecule has 0 heterocycles. The Labute approximate surface area is 381 Å². The summed E-state index contributed by atoms with van der Waals surface area (Å²) in [6.45, 7) is 3.51. The van der Waals surface area contributed by atoms with E-state index in [1.165, 1.54) is 173 Å². The van der Waals surface area contributed by atoms with Crippen LogP contribution < -0.4 is 10.6 Å². The van der Waals surface area contributed by atoms with E-state index in [2.05, 4.69) is 36.6 Å². The highest BCUT2D eigenvalue weighted by atomic mass is 16.5. The van der Waals surface area contributed by atoms with Crippen LogP contribution in [-0.2, 0) is 23.9 Å². The molecular weight excluding hydrogens is 777 g/mol. The van der Waals surface area contributed by atoms with Gasteiger partial charge < -0.3 is 25.6 Å². The second-order valence-corrected chi connectivity index (χ2v) is 18.3. The number of aliphatic hydroxyl groups is 1. The predicted octanol–water partition coefficient (Wildman–Crippen LogP) is 14.2. The van der Waals surface area contributed by atoms with E-state index in [1.54, 1.807) is 0 Å². The predicted molar refractivity (Wildman–Crippen MR) is 259 cm³/mol. The molecule has 0 fully saturated rings. The number of hydrogen-bond acceptors (Lipinski definition) is 6. The molecule has 0 saturated carbocycles. The molecule has 0 aromatic carbocycles. The Balaban J connectivity index is 4.13. The third kappa shape index (κ3) is 44.2. The highest BCUT2D eigenvalue weighted by Crippen LogP contribution is 2.19. The molecule has 0 aliphatic rings. The van der Waals surface area contributed by atoms with Gasteiger partial charge in [0, 0.05) is 12.8 Å². The van der Waals surface area contributed by atoms with E-state index in [-0.39, 0.29) is 24.5 Å². The summed E-state index contributed by atoms with van der Waals surface area (Å²) in [6.07, 6.45) is 54.1. The number of esters is 1. The van der Waals surface area contributed by atoms with E-state index in [4.69, 9.17) is 14.9 Å². The number of carboxylic acids is 1. The Hall–Kier alpha value is -2.42. The summed E-state index contributed by atoms with van der Waals surface area (Å²) in [5, 5.41) is 22.6. The van der Waals surface area contributed by atoms with E-state index in [1.807, 2.05) is 0 Å². The SMILES string of the molecule is CCCCCCCC/C=C\CCCC(CCCCCCCC(=O)NCC(=O)NC(CO)C(=O)O)OC(=O)CCCCCCCCCCCCCCCCCCCCCCCCC. The zero-order chi connectivity index (χ0) is 45.4. The second kappa shape index (κ2) is 48.0. The molecule has 62 heavy (non-hydrogen) atoms. The number of nitrogens with one attached hydrogen (secondary N) is 2. The lowest BCUT2D eigenvalue weighted by molar-refractivity contribution is -0.150. The van der Waals surface area contributed by atoms with Gasteiger partial charge in [0.25, 0.3) is 0 Å². The Morgan fingerprint density at radius 1 is 0.468 bits per heavy atom. The van der Waals surface area contributed by atoms with Gasteiger partial charge in [-0.15, -0.1) is 0 Å². The first kappa shape index (κ1) is 59.6. The average molecular weight is 877 g/mol. The van der Waals surface area contributed by atoms with Crippen molar-refractivity contribution in [1.82, 2.24) is 10.6 Å². The van der Waals surface area contributed by atoms with Gasteiger partial charge in [-0.1, -0.05) is 219 Å². The number of hydrogen-bond donors (Lipinski definition) is 4. The lowest BCUT2D eigenvalue weighted by atomic mass is 10.0. The van der Waals surface area contributed by atoms with Crippen molar-refractivity contribution < 1.29 is 34.1 Å². The molecule has 2 atom stereocenters. The van der Waals surface area contributed by atoms with Gasteiger partial charge in [0.1, 0.15) is 12.1 Å². The number of carbonyl (C=O) groups is 4. The second-order valence-electron chi connectivity index (χ2n) is 18.3. The number of carboxylic acid groups (broad SMARTS) is 1. The highest BCUT2D eigenvalue weighted by Gasteiger charge is 2.19. The molecule has 2 amide bonds. The highest BCUT2D eigenvalue weighted by molar-refractivity contribution is 5.87. The first-order valence-electron chi connectivity index (χ1n) is 26.6. The minimum atomic E-state index is -1.38. The molecule has 0 aliphatic carbocycles. The monoisotopic (exact) mass is 877 g/mol. The maximum atomic E-state index is 12.9. The topological polar surface area (TPSA) is 142 Å².